The average molecular weight is 239 g/mol. The van der Waals surface area contributed by atoms with E-state index in [-0.39, 0.29) is 13.0 Å². The normalized spacial score (nSPS) is 9.82. The predicted octanol–water partition coefficient (Wildman–Crippen LogP) is 0.443. The van der Waals surface area contributed by atoms with Gasteiger partial charge in [0.05, 0.1) is 13.0 Å². The molecule has 0 heterocycles. The number of ether oxygens (including phenoxy) is 1. The van der Waals surface area contributed by atoms with Crippen molar-refractivity contribution in [1.29, 1.82) is 0 Å². The fourth-order valence-corrected chi connectivity index (χ4v) is 1.22. The summed E-state index contributed by atoms with van der Waals surface area (Å²) in [5, 5.41) is 0. The van der Waals surface area contributed by atoms with Crippen LogP contribution < -0.4 is 21.1 Å². The third kappa shape index (κ3) is 4.71. The number of hydrogen-bond acceptors (Lipinski definition) is 6. The Kier molecular flexibility index (Phi) is 5.25. The van der Waals surface area contributed by atoms with Crippen molar-refractivity contribution in [2.45, 2.75) is 6.42 Å². The first-order valence-corrected chi connectivity index (χ1v) is 5.19. The Morgan fingerprint density at radius 2 is 2.24 bits per heavy atom. The Bertz CT molecular complexity index is 369. The molecule has 0 aromatic heterocycles. The van der Waals surface area contributed by atoms with Gasteiger partial charge in [-0.05, 0) is 12.1 Å². The molecule has 0 atom stereocenters. The van der Waals surface area contributed by atoms with Crippen LogP contribution >= 0.6 is 0 Å². The Hall–Kier alpha value is -1.79. The van der Waals surface area contributed by atoms with E-state index in [4.69, 9.17) is 10.6 Å². The highest BCUT2D eigenvalue weighted by Crippen LogP contribution is 2.19. The van der Waals surface area contributed by atoms with Crippen molar-refractivity contribution in [2.75, 3.05) is 25.6 Å². The third-order valence-corrected chi connectivity index (χ3v) is 2.08. The van der Waals surface area contributed by atoms with Gasteiger partial charge in [0.15, 0.2) is 0 Å². The highest BCUT2D eigenvalue weighted by atomic mass is 16.7. The van der Waals surface area contributed by atoms with Crippen LogP contribution in [-0.4, -0.2) is 26.7 Å². The van der Waals surface area contributed by atoms with Crippen molar-refractivity contribution in [3.8, 4) is 5.75 Å². The fraction of sp³-hybridized carbons (Fsp3) is 0.364. The van der Waals surface area contributed by atoms with Gasteiger partial charge in [-0.15, -0.1) is 0 Å². The zero-order valence-corrected chi connectivity index (χ0v) is 9.97. The van der Waals surface area contributed by atoms with Crippen LogP contribution in [-0.2, 0) is 9.63 Å². The van der Waals surface area contributed by atoms with Crippen LogP contribution in [0.5, 0.6) is 5.75 Å². The van der Waals surface area contributed by atoms with E-state index < -0.39 is 5.97 Å². The summed E-state index contributed by atoms with van der Waals surface area (Å²) in [7, 11) is 3.90. The van der Waals surface area contributed by atoms with Gasteiger partial charge >= 0.3 is 5.97 Å². The fourth-order valence-electron chi connectivity index (χ4n) is 1.22. The summed E-state index contributed by atoms with van der Waals surface area (Å²) in [5.74, 6) is 5.08. The van der Waals surface area contributed by atoms with E-state index in [1.807, 2.05) is 48.8 Å². The maximum absolute atomic E-state index is 11.0. The summed E-state index contributed by atoms with van der Waals surface area (Å²) in [6.07, 6.45) is 0.135. The molecule has 0 radical (unpaired) electrons. The summed E-state index contributed by atoms with van der Waals surface area (Å²) in [4.78, 5) is 17.3. The number of benzene rings is 1. The monoisotopic (exact) mass is 239 g/mol. The molecule has 0 spiro atoms. The summed E-state index contributed by atoms with van der Waals surface area (Å²) in [6.45, 7) is 0.247. The molecule has 1 rings (SSSR count). The van der Waals surface area contributed by atoms with Crippen molar-refractivity contribution < 1.29 is 14.4 Å². The lowest BCUT2D eigenvalue weighted by Crippen LogP contribution is -2.26. The molecule has 0 bridgehead atoms. The van der Waals surface area contributed by atoms with Crippen LogP contribution in [0.3, 0.4) is 0 Å². The Morgan fingerprint density at radius 1 is 1.47 bits per heavy atom. The van der Waals surface area contributed by atoms with Crippen LogP contribution in [0.2, 0.25) is 0 Å². The number of nitrogens with one attached hydrogen (secondary N) is 1. The van der Waals surface area contributed by atoms with Gasteiger partial charge in [-0.25, -0.2) is 5.84 Å². The molecule has 0 fully saturated rings. The van der Waals surface area contributed by atoms with E-state index in [9.17, 15) is 4.79 Å². The highest BCUT2D eigenvalue weighted by molar-refractivity contribution is 5.69. The van der Waals surface area contributed by atoms with Crippen LogP contribution in [0, 0.1) is 0 Å². The number of hydrazine groups is 1. The number of anilines is 1. The first kappa shape index (κ1) is 13.3. The molecular formula is C11H17N3O3. The zero-order chi connectivity index (χ0) is 12.7. The number of carbonyl (C=O) groups excluding carboxylic acids is 1. The lowest BCUT2D eigenvalue weighted by atomic mass is 10.3. The van der Waals surface area contributed by atoms with Gasteiger partial charge in [-0.1, -0.05) is 11.7 Å². The van der Waals surface area contributed by atoms with Crippen molar-refractivity contribution in [1.82, 2.24) is 5.59 Å². The number of hydrogen-bond donors (Lipinski definition) is 2. The lowest BCUT2D eigenvalue weighted by molar-refractivity contribution is -0.151. The molecule has 0 unspecified atom stereocenters. The molecule has 0 saturated carbocycles. The standard InChI is InChI=1S/C11H17N3O3/c1-14(2)9-4-3-5-10(8-9)16-7-6-11(15)17-13-12/h3-5,8,13H,6-7,12H2,1-2H3. The first-order chi connectivity index (χ1) is 8.13. The summed E-state index contributed by atoms with van der Waals surface area (Å²) < 4.78 is 5.42. The maximum atomic E-state index is 11.0. The molecule has 0 aliphatic rings. The average Bonchev–Trinajstić information content (AvgIpc) is 2.30. The lowest BCUT2D eigenvalue weighted by Gasteiger charge is -2.13. The molecule has 0 aliphatic heterocycles. The topological polar surface area (TPSA) is 76.8 Å². The van der Waals surface area contributed by atoms with Crippen molar-refractivity contribution in [2.24, 2.45) is 5.84 Å². The van der Waals surface area contributed by atoms with E-state index in [1.165, 1.54) is 0 Å². The molecule has 3 N–H and O–H groups in total. The number of nitrogens with zero attached hydrogens (tertiary/aromatic N) is 1. The number of nitrogens with two attached hydrogens (primary N) is 1. The molecule has 6 heteroatoms. The van der Waals surface area contributed by atoms with E-state index >= 15 is 0 Å². The van der Waals surface area contributed by atoms with Gasteiger partial charge in [0.2, 0.25) is 0 Å². The van der Waals surface area contributed by atoms with Gasteiger partial charge in [0.1, 0.15) is 5.75 Å². The van der Waals surface area contributed by atoms with Crippen molar-refractivity contribution in [3.63, 3.8) is 0 Å². The molecule has 17 heavy (non-hydrogen) atoms. The Labute approximate surface area is 100 Å². The molecular weight excluding hydrogens is 222 g/mol. The van der Waals surface area contributed by atoms with E-state index in [0.717, 1.165) is 5.69 Å². The van der Waals surface area contributed by atoms with E-state index in [1.54, 1.807) is 0 Å². The Morgan fingerprint density at radius 3 is 2.88 bits per heavy atom. The van der Waals surface area contributed by atoms with Crippen LogP contribution in [0.25, 0.3) is 0 Å². The predicted molar refractivity (Wildman–Crippen MR) is 64.3 cm³/mol. The second kappa shape index (κ2) is 6.72. The number of rotatable bonds is 6. The molecule has 1 aromatic rings. The van der Waals surface area contributed by atoms with Crippen molar-refractivity contribution in [3.05, 3.63) is 24.3 Å². The van der Waals surface area contributed by atoms with Gasteiger partial charge in [-0.3, -0.25) is 4.79 Å². The molecule has 1 aromatic carbocycles. The Balaban J connectivity index is 2.41. The summed E-state index contributed by atoms with van der Waals surface area (Å²) in [5.41, 5.74) is 2.86. The molecule has 6 nitrogen and oxygen atoms in total. The zero-order valence-electron chi connectivity index (χ0n) is 9.97. The van der Waals surface area contributed by atoms with E-state index in [2.05, 4.69) is 4.84 Å². The van der Waals surface area contributed by atoms with Crippen molar-refractivity contribution >= 4 is 11.7 Å². The highest BCUT2D eigenvalue weighted by Gasteiger charge is 2.03. The van der Waals surface area contributed by atoms with Crippen LogP contribution in [0.15, 0.2) is 24.3 Å². The summed E-state index contributed by atoms with van der Waals surface area (Å²) >= 11 is 0. The SMILES string of the molecule is CN(C)c1cccc(OCCC(=O)ONN)c1. The molecule has 0 aliphatic carbocycles. The van der Waals surface area contributed by atoms with Crippen LogP contribution in [0.4, 0.5) is 5.69 Å². The third-order valence-electron chi connectivity index (χ3n) is 2.08. The minimum absolute atomic E-state index is 0.135. The van der Waals surface area contributed by atoms with Gasteiger partial charge in [0, 0.05) is 25.8 Å². The van der Waals surface area contributed by atoms with Gasteiger partial charge in [-0.2, -0.15) is 0 Å². The first-order valence-electron chi connectivity index (χ1n) is 5.19. The maximum Gasteiger partial charge on any atom is 0.329 e. The largest absolute Gasteiger partial charge is 0.493 e. The molecule has 94 valence electrons. The summed E-state index contributed by atoms with van der Waals surface area (Å²) in [6, 6.07) is 7.59. The molecule has 0 saturated heterocycles. The smallest absolute Gasteiger partial charge is 0.329 e. The molecule has 0 amide bonds. The quantitative estimate of drug-likeness (QED) is 0.554. The second-order valence-electron chi connectivity index (χ2n) is 3.58. The number of carbonyl (C=O) groups is 1. The minimum atomic E-state index is -0.462. The second-order valence-corrected chi connectivity index (χ2v) is 3.58. The van der Waals surface area contributed by atoms with Gasteiger partial charge in [0.25, 0.3) is 0 Å². The van der Waals surface area contributed by atoms with E-state index in [0.29, 0.717) is 5.75 Å². The van der Waals surface area contributed by atoms with Crippen LogP contribution in [0.1, 0.15) is 6.42 Å². The van der Waals surface area contributed by atoms with Gasteiger partial charge < -0.3 is 14.5 Å². The minimum Gasteiger partial charge on any atom is -0.493 e.